The number of fused-ring (bicyclic) bond motifs is 3. The van der Waals surface area contributed by atoms with Gasteiger partial charge < -0.3 is 8.83 Å². The van der Waals surface area contributed by atoms with Gasteiger partial charge in [-0.05, 0) is 77.6 Å². The summed E-state index contributed by atoms with van der Waals surface area (Å²) in [5, 5.41) is 2.11. The molecule has 4 nitrogen and oxygen atoms in total. The van der Waals surface area contributed by atoms with E-state index in [0.717, 1.165) is 56.1 Å². The molecule has 4 heteroatoms. The van der Waals surface area contributed by atoms with E-state index in [-0.39, 0.29) is 0 Å². The summed E-state index contributed by atoms with van der Waals surface area (Å²) in [6.07, 6.45) is 1.03. The summed E-state index contributed by atoms with van der Waals surface area (Å²) in [6.45, 7) is 6.51. The van der Waals surface area contributed by atoms with Crippen molar-refractivity contribution in [1.82, 2.24) is 9.97 Å². The molecule has 0 spiro atoms. The lowest BCUT2D eigenvalue weighted by molar-refractivity contribution is 0.618. The van der Waals surface area contributed by atoms with Crippen LogP contribution in [0, 0.1) is 12.8 Å². The van der Waals surface area contributed by atoms with Crippen molar-refractivity contribution >= 4 is 33.0 Å². The van der Waals surface area contributed by atoms with Gasteiger partial charge in [0.05, 0.1) is 0 Å². The Labute approximate surface area is 191 Å². The van der Waals surface area contributed by atoms with E-state index in [2.05, 4.69) is 51.1 Å². The van der Waals surface area contributed by atoms with E-state index >= 15 is 0 Å². The van der Waals surface area contributed by atoms with E-state index in [1.54, 1.807) is 0 Å². The molecule has 0 aliphatic rings. The number of hydrogen-bond acceptors (Lipinski definition) is 4. The van der Waals surface area contributed by atoms with Gasteiger partial charge in [-0.2, -0.15) is 0 Å². The lowest BCUT2D eigenvalue weighted by Crippen LogP contribution is -1.93. The standard InChI is InChI=1S/C29H24N2O2/c1-17(2)14-19-9-13-27-25(16-19)31-29(33-27)23-11-10-22(20-6-4-5-7-21(20)23)28-30-24-15-18(3)8-12-26(24)32-28/h4-13,15-17H,14H2,1-3H3. The Hall–Kier alpha value is -3.92. The predicted molar refractivity (Wildman–Crippen MR) is 133 cm³/mol. The van der Waals surface area contributed by atoms with Crippen LogP contribution in [0.2, 0.25) is 0 Å². The molecular formula is C29H24N2O2. The molecule has 0 N–H and O–H groups in total. The number of hydrogen-bond donors (Lipinski definition) is 0. The summed E-state index contributed by atoms with van der Waals surface area (Å²) < 4.78 is 12.3. The van der Waals surface area contributed by atoms with Crippen molar-refractivity contribution in [2.45, 2.75) is 27.2 Å². The molecule has 0 atom stereocenters. The maximum absolute atomic E-state index is 6.18. The number of aromatic nitrogens is 2. The molecule has 4 aromatic carbocycles. The van der Waals surface area contributed by atoms with Gasteiger partial charge >= 0.3 is 0 Å². The minimum absolute atomic E-state index is 0.598. The number of rotatable bonds is 4. The summed E-state index contributed by atoms with van der Waals surface area (Å²) in [6, 6.07) is 24.7. The molecule has 0 radical (unpaired) electrons. The summed E-state index contributed by atoms with van der Waals surface area (Å²) >= 11 is 0. The normalized spacial score (nSPS) is 11.9. The molecule has 0 amide bonds. The van der Waals surface area contributed by atoms with E-state index in [1.807, 2.05) is 42.5 Å². The maximum atomic E-state index is 6.18. The molecule has 0 aliphatic heterocycles. The van der Waals surface area contributed by atoms with E-state index < -0.39 is 0 Å². The van der Waals surface area contributed by atoms with E-state index in [4.69, 9.17) is 18.8 Å². The largest absolute Gasteiger partial charge is 0.436 e. The Morgan fingerprint density at radius 3 is 1.88 bits per heavy atom. The van der Waals surface area contributed by atoms with E-state index in [0.29, 0.717) is 17.7 Å². The summed E-state index contributed by atoms with van der Waals surface area (Å²) in [5.41, 5.74) is 7.72. The van der Waals surface area contributed by atoms with Gasteiger partial charge in [-0.3, -0.25) is 0 Å². The minimum Gasteiger partial charge on any atom is -0.436 e. The van der Waals surface area contributed by atoms with Crippen LogP contribution in [0.25, 0.3) is 55.9 Å². The van der Waals surface area contributed by atoms with Crippen LogP contribution in [0.3, 0.4) is 0 Å². The summed E-state index contributed by atoms with van der Waals surface area (Å²) in [5.74, 6) is 1.85. The van der Waals surface area contributed by atoms with Crippen molar-refractivity contribution in [2.24, 2.45) is 5.92 Å². The zero-order valence-corrected chi connectivity index (χ0v) is 18.9. The number of nitrogens with zero attached hydrogens (tertiary/aromatic N) is 2. The zero-order chi connectivity index (χ0) is 22.5. The van der Waals surface area contributed by atoms with Crippen LogP contribution < -0.4 is 0 Å². The third kappa shape index (κ3) is 3.48. The van der Waals surface area contributed by atoms with Crippen molar-refractivity contribution in [1.29, 1.82) is 0 Å². The smallest absolute Gasteiger partial charge is 0.227 e. The second kappa shape index (κ2) is 7.59. The Morgan fingerprint density at radius 2 is 1.27 bits per heavy atom. The van der Waals surface area contributed by atoms with Crippen molar-refractivity contribution in [3.8, 4) is 22.9 Å². The highest BCUT2D eigenvalue weighted by Gasteiger charge is 2.17. The van der Waals surface area contributed by atoms with Gasteiger partial charge in [-0.1, -0.05) is 50.2 Å². The molecule has 0 bridgehead atoms. The van der Waals surface area contributed by atoms with E-state index in [1.165, 1.54) is 5.56 Å². The fourth-order valence-electron chi connectivity index (χ4n) is 4.51. The number of aryl methyl sites for hydroxylation is 1. The number of oxazole rings is 2. The molecule has 0 aliphatic carbocycles. The third-order valence-corrected chi connectivity index (χ3v) is 6.02. The fourth-order valence-corrected chi connectivity index (χ4v) is 4.51. The first-order valence-electron chi connectivity index (χ1n) is 11.3. The van der Waals surface area contributed by atoms with Gasteiger partial charge in [0, 0.05) is 11.1 Å². The molecule has 33 heavy (non-hydrogen) atoms. The van der Waals surface area contributed by atoms with Gasteiger partial charge in [-0.15, -0.1) is 0 Å². The molecule has 6 rings (SSSR count). The average Bonchev–Trinajstić information content (AvgIpc) is 3.41. The fraction of sp³-hybridized carbons (Fsp3) is 0.172. The highest BCUT2D eigenvalue weighted by Crippen LogP contribution is 2.37. The second-order valence-corrected chi connectivity index (χ2v) is 9.12. The highest BCUT2D eigenvalue weighted by atomic mass is 16.4. The Morgan fingerprint density at radius 1 is 0.697 bits per heavy atom. The van der Waals surface area contributed by atoms with E-state index in [9.17, 15) is 0 Å². The van der Waals surface area contributed by atoms with Crippen LogP contribution in [0.5, 0.6) is 0 Å². The SMILES string of the molecule is Cc1ccc2oc(-c3ccc(-c4nc5cc(CC(C)C)ccc5o4)c4ccccc34)nc2c1. The van der Waals surface area contributed by atoms with Gasteiger partial charge in [0.15, 0.2) is 11.2 Å². The minimum atomic E-state index is 0.598. The number of benzene rings is 4. The lowest BCUT2D eigenvalue weighted by Gasteiger charge is -2.07. The molecule has 0 fully saturated rings. The zero-order valence-electron chi connectivity index (χ0n) is 18.9. The Bertz CT molecular complexity index is 1640. The quantitative estimate of drug-likeness (QED) is 0.283. The molecule has 2 heterocycles. The molecule has 0 saturated heterocycles. The maximum Gasteiger partial charge on any atom is 0.227 e. The molecule has 0 unspecified atom stereocenters. The Balaban J connectivity index is 1.49. The van der Waals surface area contributed by atoms with Gasteiger partial charge in [0.2, 0.25) is 11.8 Å². The van der Waals surface area contributed by atoms with Crippen molar-refractivity contribution in [3.05, 3.63) is 83.9 Å². The lowest BCUT2D eigenvalue weighted by atomic mass is 9.99. The second-order valence-electron chi connectivity index (χ2n) is 9.12. The van der Waals surface area contributed by atoms with Crippen LogP contribution >= 0.6 is 0 Å². The molecular weight excluding hydrogens is 408 g/mol. The molecule has 162 valence electrons. The molecule has 6 aromatic rings. The highest BCUT2D eigenvalue weighted by molar-refractivity contribution is 6.03. The third-order valence-electron chi connectivity index (χ3n) is 6.02. The Kier molecular flexibility index (Phi) is 4.54. The van der Waals surface area contributed by atoms with Crippen LogP contribution in [0.15, 0.2) is 81.6 Å². The predicted octanol–water partition coefficient (Wildman–Crippen LogP) is 7.96. The molecule has 2 aromatic heterocycles. The first-order valence-corrected chi connectivity index (χ1v) is 11.3. The summed E-state index contributed by atoms with van der Waals surface area (Å²) in [4.78, 5) is 9.60. The summed E-state index contributed by atoms with van der Waals surface area (Å²) in [7, 11) is 0. The van der Waals surface area contributed by atoms with Gasteiger partial charge in [0.1, 0.15) is 11.0 Å². The average molecular weight is 433 g/mol. The topological polar surface area (TPSA) is 52.1 Å². The van der Waals surface area contributed by atoms with Crippen molar-refractivity contribution < 1.29 is 8.83 Å². The van der Waals surface area contributed by atoms with Crippen LogP contribution in [-0.4, -0.2) is 9.97 Å². The van der Waals surface area contributed by atoms with Gasteiger partial charge in [-0.25, -0.2) is 9.97 Å². The van der Waals surface area contributed by atoms with Gasteiger partial charge in [0.25, 0.3) is 0 Å². The first kappa shape index (κ1) is 19.7. The van der Waals surface area contributed by atoms with Crippen LogP contribution in [0.1, 0.15) is 25.0 Å². The first-order chi connectivity index (χ1) is 16.0. The van der Waals surface area contributed by atoms with Crippen molar-refractivity contribution in [2.75, 3.05) is 0 Å². The van der Waals surface area contributed by atoms with Crippen LogP contribution in [-0.2, 0) is 6.42 Å². The molecule has 0 saturated carbocycles. The monoisotopic (exact) mass is 432 g/mol. The van der Waals surface area contributed by atoms with Crippen molar-refractivity contribution in [3.63, 3.8) is 0 Å². The van der Waals surface area contributed by atoms with Crippen LogP contribution in [0.4, 0.5) is 0 Å².